The monoisotopic (exact) mass is 404 g/mol. The van der Waals surface area contributed by atoms with Crippen molar-refractivity contribution in [3.8, 4) is 5.75 Å². The summed E-state index contributed by atoms with van der Waals surface area (Å²) in [5.41, 5.74) is 0.814. The molecule has 0 unspecified atom stereocenters. The summed E-state index contributed by atoms with van der Waals surface area (Å²) in [4.78, 5) is 18.5. The van der Waals surface area contributed by atoms with Crippen molar-refractivity contribution < 1.29 is 18.3 Å². The number of carbonyl (C=O) groups is 1. The molecule has 1 heterocycles. The zero-order valence-electron chi connectivity index (χ0n) is 17.2. The maximum Gasteiger partial charge on any atom is 0.287 e. The first-order chi connectivity index (χ1) is 14.0. The van der Waals surface area contributed by atoms with Gasteiger partial charge in [-0.3, -0.25) is 9.79 Å². The molecule has 7 nitrogen and oxygen atoms in total. The number of aryl methyl sites for hydroxylation is 1. The summed E-state index contributed by atoms with van der Waals surface area (Å²) in [6.45, 7) is 6.49. The maximum absolute atomic E-state index is 13.6. The molecular formula is C21H29FN4O3. The van der Waals surface area contributed by atoms with Crippen LogP contribution in [0.4, 0.5) is 4.39 Å². The zero-order chi connectivity index (χ0) is 21.1. The fourth-order valence-electron chi connectivity index (χ4n) is 2.58. The highest BCUT2D eigenvalue weighted by Crippen LogP contribution is 2.15. The number of halogens is 1. The molecule has 0 saturated carbocycles. The topological polar surface area (TPSA) is 79.1 Å². The molecule has 1 amide bonds. The van der Waals surface area contributed by atoms with Crippen LogP contribution < -0.4 is 15.4 Å². The highest BCUT2D eigenvalue weighted by molar-refractivity contribution is 5.92. The maximum atomic E-state index is 13.6. The minimum atomic E-state index is -0.373. The molecule has 1 aromatic carbocycles. The van der Waals surface area contributed by atoms with Crippen molar-refractivity contribution in [2.24, 2.45) is 4.99 Å². The number of aliphatic imine (C=N–C) groups is 1. The molecular weight excluding hydrogens is 375 g/mol. The summed E-state index contributed by atoms with van der Waals surface area (Å²) < 4.78 is 24.3. The Kier molecular flexibility index (Phi) is 9.01. The quantitative estimate of drug-likeness (QED) is 0.362. The summed E-state index contributed by atoms with van der Waals surface area (Å²) >= 11 is 0. The van der Waals surface area contributed by atoms with E-state index in [2.05, 4.69) is 15.6 Å². The molecule has 0 atom stereocenters. The van der Waals surface area contributed by atoms with E-state index in [1.54, 1.807) is 24.3 Å². The van der Waals surface area contributed by atoms with Crippen LogP contribution in [0.25, 0.3) is 0 Å². The lowest BCUT2D eigenvalue weighted by Crippen LogP contribution is -2.41. The summed E-state index contributed by atoms with van der Waals surface area (Å²) in [7, 11) is 1.90. The van der Waals surface area contributed by atoms with Crippen LogP contribution in [0.15, 0.2) is 46.0 Å². The highest BCUT2D eigenvalue weighted by Gasteiger charge is 2.11. The van der Waals surface area contributed by atoms with Crippen molar-refractivity contribution in [3.63, 3.8) is 0 Å². The van der Waals surface area contributed by atoms with Crippen LogP contribution in [0.2, 0.25) is 0 Å². The lowest BCUT2D eigenvalue weighted by molar-refractivity contribution is 0.0925. The first-order valence-corrected chi connectivity index (χ1v) is 9.72. The van der Waals surface area contributed by atoms with Gasteiger partial charge >= 0.3 is 0 Å². The third kappa shape index (κ3) is 7.14. The lowest BCUT2D eigenvalue weighted by atomic mass is 10.2. The standard InChI is InChI=1S/C21H29FN4O3/c1-4-23-21(26(3)13-15-28-18-9-6-5-8-17(18)22)25-12-7-11-24-20(27)19-16(2)10-14-29-19/h5-6,8-10,14H,4,7,11-13,15H2,1-3H3,(H,23,25)(H,24,27). The molecule has 2 aromatic rings. The molecule has 8 heteroatoms. The van der Waals surface area contributed by atoms with Gasteiger partial charge in [0, 0.05) is 32.2 Å². The van der Waals surface area contributed by atoms with E-state index >= 15 is 0 Å². The molecule has 0 saturated heterocycles. The number of nitrogens with zero attached hydrogens (tertiary/aromatic N) is 2. The fraction of sp³-hybridized carbons (Fsp3) is 0.429. The Morgan fingerprint density at radius 3 is 2.76 bits per heavy atom. The molecule has 2 rings (SSSR count). The molecule has 0 spiro atoms. The minimum Gasteiger partial charge on any atom is -0.489 e. The van der Waals surface area contributed by atoms with E-state index in [0.717, 1.165) is 18.1 Å². The molecule has 0 aliphatic carbocycles. The van der Waals surface area contributed by atoms with Gasteiger partial charge in [0.05, 0.1) is 12.8 Å². The van der Waals surface area contributed by atoms with E-state index in [-0.39, 0.29) is 17.5 Å². The van der Waals surface area contributed by atoms with Crippen molar-refractivity contribution in [1.29, 1.82) is 0 Å². The number of carbonyl (C=O) groups excluding carboxylic acids is 1. The number of likely N-dealkylation sites (N-methyl/N-ethyl adjacent to an activating group) is 1. The van der Waals surface area contributed by atoms with Gasteiger partial charge in [-0.2, -0.15) is 0 Å². The fourth-order valence-corrected chi connectivity index (χ4v) is 2.58. The number of furan rings is 1. The predicted molar refractivity (Wildman–Crippen MR) is 111 cm³/mol. The Morgan fingerprint density at radius 1 is 1.28 bits per heavy atom. The number of ether oxygens (including phenoxy) is 1. The summed E-state index contributed by atoms with van der Waals surface area (Å²) in [6.07, 6.45) is 2.20. The molecule has 0 radical (unpaired) electrons. The van der Waals surface area contributed by atoms with Crippen LogP contribution in [0, 0.1) is 12.7 Å². The highest BCUT2D eigenvalue weighted by atomic mass is 19.1. The lowest BCUT2D eigenvalue weighted by Gasteiger charge is -2.22. The number of hydrogen-bond donors (Lipinski definition) is 2. The van der Waals surface area contributed by atoms with Gasteiger partial charge < -0.3 is 24.7 Å². The summed E-state index contributed by atoms with van der Waals surface area (Å²) in [5, 5.41) is 6.04. The van der Waals surface area contributed by atoms with Gasteiger partial charge in [-0.1, -0.05) is 12.1 Å². The molecule has 158 valence electrons. The van der Waals surface area contributed by atoms with Gasteiger partial charge in [0.15, 0.2) is 23.3 Å². The normalized spacial score (nSPS) is 11.2. The van der Waals surface area contributed by atoms with E-state index in [1.807, 2.05) is 25.8 Å². The second-order valence-corrected chi connectivity index (χ2v) is 6.48. The van der Waals surface area contributed by atoms with Crippen LogP contribution in [-0.4, -0.2) is 56.6 Å². The number of amides is 1. The molecule has 29 heavy (non-hydrogen) atoms. The SMILES string of the molecule is CCNC(=NCCCNC(=O)c1occc1C)N(C)CCOc1ccccc1F. The number of nitrogens with one attached hydrogen (secondary N) is 2. The molecule has 0 aliphatic heterocycles. The average Bonchev–Trinajstić information content (AvgIpc) is 3.14. The van der Waals surface area contributed by atoms with Crippen molar-refractivity contribution in [1.82, 2.24) is 15.5 Å². The van der Waals surface area contributed by atoms with Crippen molar-refractivity contribution in [2.45, 2.75) is 20.3 Å². The largest absolute Gasteiger partial charge is 0.489 e. The Labute approximate surface area is 170 Å². The number of para-hydroxylation sites is 1. The van der Waals surface area contributed by atoms with Crippen molar-refractivity contribution in [2.75, 3.05) is 39.8 Å². The predicted octanol–water partition coefficient (Wildman–Crippen LogP) is 2.82. The van der Waals surface area contributed by atoms with E-state index in [9.17, 15) is 9.18 Å². The Bertz CT molecular complexity index is 807. The molecule has 0 fully saturated rings. The number of hydrogen-bond acceptors (Lipinski definition) is 4. The Hall–Kier alpha value is -3.03. The van der Waals surface area contributed by atoms with E-state index in [4.69, 9.17) is 9.15 Å². The smallest absolute Gasteiger partial charge is 0.287 e. The second kappa shape index (κ2) is 11.7. The van der Waals surface area contributed by atoms with Crippen LogP contribution in [0.1, 0.15) is 29.5 Å². The Balaban J connectivity index is 1.74. The summed E-state index contributed by atoms with van der Waals surface area (Å²) in [6, 6.07) is 8.10. The van der Waals surface area contributed by atoms with Gasteiger partial charge in [-0.05, 0) is 38.5 Å². The van der Waals surface area contributed by atoms with Crippen LogP contribution in [0.3, 0.4) is 0 Å². The van der Waals surface area contributed by atoms with Gasteiger partial charge in [-0.15, -0.1) is 0 Å². The van der Waals surface area contributed by atoms with Gasteiger partial charge in [0.25, 0.3) is 5.91 Å². The number of rotatable bonds is 10. The Morgan fingerprint density at radius 2 is 2.07 bits per heavy atom. The first-order valence-electron chi connectivity index (χ1n) is 9.72. The minimum absolute atomic E-state index is 0.217. The van der Waals surface area contributed by atoms with Crippen LogP contribution >= 0.6 is 0 Å². The van der Waals surface area contributed by atoms with E-state index in [0.29, 0.717) is 38.4 Å². The van der Waals surface area contributed by atoms with E-state index < -0.39 is 0 Å². The first kappa shape index (κ1) is 22.3. The molecule has 1 aromatic heterocycles. The van der Waals surface area contributed by atoms with E-state index in [1.165, 1.54) is 12.3 Å². The van der Waals surface area contributed by atoms with Crippen molar-refractivity contribution in [3.05, 3.63) is 53.7 Å². The summed E-state index contributed by atoms with van der Waals surface area (Å²) in [5.74, 6) is 0.730. The molecule has 0 bridgehead atoms. The van der Waals surface area contributed by atoms with Gasteiger partial charge in [-0.25, -0.2) is 4.39 Å². The van der Waals surface area contributed by atoms with Crippen LogP contribution in [-0.2, 0) is 0 Å². The number of guanidine groups is 1. The average molecular weight is 404 g/mol. The molecule has 0 aliphatic rings. The van der Waals surface area contributed by atoms with Crippen molar-refractivity contribution >= 4 is 11.9 Å². The van der Waals surface area contributed by atoms with Crippen LogP contribution in [0.5, 0.6) is 5.75 Å². The third-order valence-corrected chi connectivity index (χ3v) is 4.17. The number of benzene rings is 1. The van der Waals surface area contributed by atoms with Gasteiger partial charge in [0.2, 0.25) is 0 Å². The second-order valence-electron chi connectivity index (χ2n) is 6.48. The zero-order valence-corrected chi connectivity index (χ0v) is 17.2. The van der Waals surface area contributed by atoms with Gasteiger partial charge in [0.1, 0.15) is 6.61 Å². The molecule has 2 N–H and O–H groups in total. The third-order valence-electron chi connectivity index (χ3n) is 4.17.